The van der Waals surface area contributed by atoms with E-state index in [2.05, 4.69) is 25.8 Å². The lowest BCUT2D eigenvalue weighted by atomic mass is 10.1. The fourth-order valence-corrected chi connectivity index (χ4v) is 1.23. The lowest BCUT2D eigenvalue weighted by Gasteiger charge is -2.13. The number of aromatic amines is 1. The van der Waals surface area contributed by atoms with Gasteiger partial charge in [-0.05, 0) is 6.42 Å². The first-order valence-corrected chi connectivity index (χ1v) is 5.38. The Kier molecular flexibility index (Phi) is 5.26. The second-order valence-corrected chi connectivity index (χ2v) is 3.65. The molecule has 19 heavy (non-hydrogen) atoms. The second kappa shape index (κ2) is 6.93. The highest BCUT2D eigenvalue weighted by atomic mass is 16.4. The van der Waals surface area contributed by atoms with E-state index in [1.807, 2.05) is 0 Å². The summed E-state index contributed by atoms with van der Waals surface area (Å²) in [6.45, 7) is 0.0774. The Labute approximate surface area is 107 Å². The number of carbonyl (C=O) groups excluding carboxylic acids is 2. The number of nitrogens with two attached hydrogens (primary N) is 1. The van der Waals surface area contributed by atoms with Gasteiger partial charge < -0.3 is 21.5 Å². The van der Waals surface area contributed by atoms with E-state index in [0.29, 0.717) is 5.82 Å². The molecule has 10 nitrogen and oxygen atoms in total. The van der Waals surface area contributed by atoms with Gasteiger partial charge in [0.15, 0.2) is 0 Å². The molecule has 1 atom stereocenters. The third-order valence-electron chi connectivity index (χ3n) is 2.16. The molecule has 3 amide bonds. The Morgan fingerprint density at radius 3 is 2.74 bits per heavy atom. The molecule has 0 saturated heterocycles. The van der Waals surface area contributed by atoms with E-state index < -0.39 is 23.9 Å². The van der Waals surface area contributed by atoms with Crippen LogP contribution in [0.4, 0.5) is 4.79 Å². The molecule has 0 saturated carbocycles. The number of aromatic nitrogens is 3. The number of carboxylic acids is 1. The average molecular weight is 270 g/mol. The van der Waals surface area contributed by atoms with E-state index >= 15 is 0 Å². The van der Waals surface area contributed by atoms with E-state index in [9.17, 15) is 14.4 Å². The predicted octanol–water partition coefficient (Wildman–Crippen LogP) is -1.68. The maximum Gasteiger partial charge on any atom is 0.326 e. The molecule has 1 rings (SSSR count). The van der Waals surface area contributed by atoms with Crippen molar-refractivity contribution in [3.8, 4) is 0 Å². The summed E-state index contributed by atoms with van der Waals surface area (Å²) in [5.74, 6) is -1.44. The van der Waals surface area contributed by atoms with Gasteiger partial charge in [0.25, 0.3) is 0 Å². The van der Waals surface area contributed by atoms with Gasteiger partial charge in [-0.1, -0.05) is 0 Å². The summed E-state index contributed by atoms with van der Waals surface area (Å²) in [6.07, 6.45) is 1.08. The number of urea groups is 1. The van der Waals surface area contributed by atoms with Crippen LogP contribution in [0, 0.1) is 0 Å². The number of nitrogens with zero attached hydrogens (tertiary/aromatic N) is 2. The normalized spacial score (nSPS) is 11.6. The highest BCUT2D eigenvalue weighted by molar-refractivity contribution is 5.83. The van der Waals surface area contributed by atoms with Crippen molar-refractivity contribution in [3.63, 3.8) is 0 Å². The summed E-state index contributed by atoms with van der Waals surface area (Å²) in [5, 5.41) is 19.6. The molecule has 0 aliphatic carbocycles. The van der Waals surface area contributed by atoms with Gasteiger partial charge in [-0.3, -0.25) is 9.89 Å². The van der Waals surface area contributed by atoms with Gasteiger partial charge in [0.2, 0.25) is 5.91 Å². The van der Waals surface area contributed by atoms with Gasteiger partial charge in [0.1, 0.15) is 18.2 Å². The molecule has 0 aliphatic rings. The standard InChI is InChI=1S/C9H14N6O4/c10-6(16)2-1-5(8(17)18)14-9(19)11-3-7-12-4-13-15-7/h4-5H,1-3H2,(H2,10,16)(H,17,18)(H2,11,14,19)(H,12,13,15). The molecule has 1 aromatic rings. The van der Waals surface area contributed by atoms with Crippen molar-refractivity contribution in [3.05, 3.63) is 12.2 Å². The van der Waals surface area contributed by atoms with E-state index in [0.717, 1.165) is 0 Å². The van der Waals surface area contributed by atoms with E-state index in [-0.39, 0.29) is 19.4 Å². The fourth-order valence-electron chi connectivity index (χ4n) is 1.23. The van der Waals surface area contributed by atoms with Gasteiger partial charge >= 0.3 is 12.0 Å². The summed E-state index contributed by atoms with van der Waals surface area (Å²) in [5.41, 5.74) is 4.92. The first-order valence-electron chi connectivity index (χ1n) is 5.38. The van der Waals surface area contributed by atoms with Crippen molar-refractivity contribution in [1.29, 1.82) is 0 Å². The number of carboxylic acid groups (broad SMARTS) is 1. The number of nitrogens with one attached hydrogen (secondary N) is 3. The van der Waals surface area contributed by atoms with Crippen LogP contribution in [-0.4, -0.2) is 44.2 Å². The van der Waals surface area contributed by atoms with Crippen LogP contribution in [0.2, 0.25) is 0 Å². The molecule has 0 spiro atoms. The molecule has 1 unspecified atom stereocenters. The Morgan fingerprint density at radius 2 is 2.21 bits per heavy atom. The summed E-state index contributed by atoms with van der Waals surface area (Å²) >= 11 is 0. The van der Waals surface area contributed by atoms with Crippen LogP contribution < -0.4 is 16.4 Å². The van der Waals surface area contributed by atoms with Gasteiger partial charge in [0.05, 0.1) is 6.54 Å². The van der Waals surface area contributed by atoms with Crippen molar-refractivity contribution < 1.29 is 19.5 Å². The minimum atomic E-state index is -1.24. The first-order chi connectivity index (χ1) is 8.99. The molecule has 0 fully saturated rings. The van der Waals surface area contributed by atoms with Crippen molar-refractivity contribution in [2.45, 2.75) is 25.4 Å². The molecule has 10 heteroatoms. The quantitative estimate of drug-likeness (QED) is 0.397. The van der Waals surface area contributed by atoms with Gasteiger partial charge in [-0.25, -0.2) is 14.6 Å². The van der Waals surface area contributed by atoms with Crippen LogP contribution in [0.25, 0.3) is 0 Å². The minimum Gasteiger partial charge on any atom is -0.480 e. The number of hydrogen-bond acceptors (Lipinski definition) is 5. The van der Waals surface area contributed by atoms with E-state index in [4.69, 9.17) is 10.8 Å². The van der Waals surface area contributed by atoms with Crippen molar-refractivity contribution in [2.24, 2.45) is 5.73 Å². The van der Waals surface area contributed by atoms with Gasteiger partial charge in [0, 0.05) is 6.42 Å². The zero-order chi connectivity index (χ0) is 14.3. The molecule has 1 aromatic heterocycles. The zero-order valence-corrected chi connectivity index (χ0v) is 9.92. The predicted molar refractivity (Wildman–Crippen MR) is 61.6 cm³/mol. The Bertz CT molecular complexity index is 446. The summed E-state index contributed by atoms with van der Waals surface area (Å²) in [6, 6.07) is -1.87. The third kappa shape index (κ3) is 5.48. The molecule has 6 N–H and O–H groups in total. The van der Waals surface area contributed by atoms with Crippen molar-refractivity contribution >= 4 is 17.9 Å². The number of H-pyrrole nitrogens is 1. The summed E-state index contributed by atoms with van der Waals surface area (Å²) in [7, 11) is 0. The third-order valence-corrected chi connectivity index (χ3v) is 2.16. The molecular weight excluding hydrogens is 256 g/mol. The fraction of sp³-hybridized carbons (Fsp3) is 0.444. The highest BCUT2D eigenvalue weighted by Gasteiger charge is 2.20. The topological polar surface area (TPSA) is 163 Å². The number of rotatable bonds is 7. The monoisotopic (exact) mass is 270 g/mol. The van der Waals surface area contributed by atoms with Crippen LogP contribution >= 0.6 is 0 Å². The minimum absolute atomic E-state index is 0.0691. The molecule has 1 heterocycles. The SMILES string of the molecule is NC(=O)CCC(NC(=O)NCc1ncn[nH]1)C(=O)O. The van der Waals surface area contributed by atoms with E-state index in [1.165, 1.54) is 6.33 Å². The molecule has 0 aliphatic heterocycles. The largest absolute Gasteiger partial charge is 0.480 e. The maximum absolute atomic E-state index is 11.4. The summed E-state index contributed by atoms with van der Waals surface area (Å²) in [4.78, 5) is 36.6. The smallest absolute Gasteiger partial charge is 0.326 e. The number of hydrogen-bond donors (Lipinski definition) is 5. The number of primary amides is 1. The van der Waals surface area contributed by atoms with Gasteiger partial charge in [-0.15, -0.1) is 0 Å². The molecular formula is C9H14N6O4. The Morgan fingerprint density at radius 1 is 1.47 bits per heavy atom. The number of aliphatic carboxylic acids is 1. The first kappa shape index (κ1) is 14.4. The van der Waals surface area contributed by atoms with Crippen LogP contribution in [0.5, 0.6) is 0 Å². The van der Waals surface area contributed by atoms with Gasteiger partial charge in [-0.2, -0.15) is 5.10 Å². The molecule has 104 valence electrons. The molecule has 0 bridgehead atoms. The Balaban J connectivity index is 2.38. The average Bonchev–Trinajstić information content (AvgIpc) is 2.84. The Hall–Kier alpha value is -2.65. The van der Waals surface area contributed by atoms with Crippen molar-refractivity contribution in [2.75, 3.05) is 0 Å². The summed E-state index contributed by atoms with van der Waals surface area (Å²) < 4.78 is 0. The maximum atomic E-state index is 11.4. The van der Waals surface area contributed by atoms with Crippen LogP contribution in [0.15, 0.2) is 6.33 Å². The molecule has 0 aromatic carbocycles. The number of amides is 3. The van der Waals surface area contributed by atoms with E-state index in [1.54, 1.807) is 0 Å². The highest BCUT2D eigenvalue weighted by Crippen LogP contribution is 1.97. The lowest BCUT2D eigenvalue weighted by Crippen LogP contribution is -2.46. The number of carbonyl (C=O) groups is 3. The van der Waals surface area contributed by atoms with Crippen LogP contribution in [0.1, 0.15) is 18.7 Å². The second-order valence-electron chi connectivity index (χ2n) is 3.65. The van der Waals surface area contributed by atoms with Crippen molar-refractivity contribution in [1.82, 2.24) is 25.8 Å². The molecule has 0 radical (unpaired) electrons. The van der Waals surface area contributed by atoms with Crippen LogP contribution in [0.3, 0.4) is 0 Å². The van der Waals surface area contributed by atoms with Crippen LogP contribution in [-0.2, 0) is 16.1 Å². The lowest BCUT2D eigenvalue weighted by molar-refractivity contribution is -0.139. The zero-order valence-electron chi connectivity index (χ0n) is 9.92.